The summed E-state index contributed by atoms with van der Waals surface area (Å²) in [6, 6.07) is 5.74. The number of hydrogen-bond acceptors (Lipinski definition) is 2. The smallest absolute Gasteiger partial charge is 0.0540 e. The lowest BCUT2D eigenvalue weighted by Gasteiger charge is -2.05. The molecule has 0 amide bonds. The first-order valence-electron chi connectivity index (χ1n) is 3.09. The van der Waals surface area contributed by atoms with Gasteiger partial charge in [-0.05, 0) is 17.7 Å². The Balaban J connectivity index is 3.06. The van der Waals surface area contributed by atoms with Crippen LogP contribution in [0.2, 0.25) is 0 Å². The van der Waals surface area contributed by atoms with Gasteiger partial charge < -0.3 is 5.43 Å². The number of nitrogen functional groups attached to an aromatic ring is 1. The summed E-state index contributed by atoms with van der Waals surface area (Å²) in [5.74, 6) is 5.73. The molecule has 60 valence electrons. The van der Waals surface area contributed by atoms with Crippen LogP contribution in [0.25, 0.3) is 0 Å². The summed E-state index contributed by atoms with van der Waals surface area (Å²) in [5.41, 5.74) is 4.43. The minimum atomic E-state index is 0.465. The molecule has 4 heteroatoms. The maximum absolute atomic E-state index is 5.65. The second-order valence-corrected chi connectivity index (χ2v) is 3.26. The third-order valence-electron chi connectivity index (χ3n) is 1.37. The predicted molar refractivity (Wildman–Crippen MR) is 51.5 cm³/mol. The van der Waals surface area contributed by atoms with Crippen molar-refractivity contribution < 1.29 is 0 Å². The van der Waals surface area contributed by atoms with Crippen molar-refractivity contribution in [1.29, 1.82) is 0 Å². The molecule has 0 atom stereocenters. The van der Waals surface area contributed by atoms with Crippen LogP contribution in [0.15, 0.2) is 22.7 Å². The summed E-state index contributed by atoms with van der Waals surface area (Å²) in [5, 5.41) is 0. The van der Waals surface area contributed by atoms with Crippen molar-refractivity contribution in [2.45, 2.75) is 5.88 Å². The quantitative estimate of drug-likeness (QED) is 0.469. The summed E-state index contributed by atoms with van der Waals surface area (Å²) >= 11 is 8.98. The van der Waals surface area contributed by atoms with Gasteiger partial charge >= 0.3 is 0 Å². The molecular formula is C7H8BrClN2. The third-order valence-corrected chi connectivity index (χ3v) is 2.15. The Morgan fingerprint density at radius 2 is 2.27 bits per heavy atom. The van der Waals surface area contributed by atoms with Crippen LogP contribution in [0.3, 0.4) is 0 Å². The molecule has 11 heavy (non-hydrogen) atoms. The molecule has 1 aromatic rings. The Labute approximate surface area is 78.8 Å². The van der Waals surface area contributed by atoms with Crippen LogP contribution in [0.5, 0.6) is 0 Å². The highest BCUT2D eigenvalue weighted by Gasteiger charge is 1.98. The van der Waals surface area contributed by atoms with Gasteiger partial charge in [0.1, 0.15) is 0 Å². The van der Waals surface area contributed by atoms with Crippen molar-refractivity contribution in [2.75, 3.05) is 5.43 Å². The fraction of sp³-hybridized carbons (Fsp3) is 0.143. The molecule has 0 aliphatic heterocycles. The van der Waals surface area contributed by atoms with Crippen LogP contribution in [0, 0.1) is 0 Å². The highest BCUT2D eigenvalue weighted by molar-refractivity contribution is 9.10. The monoisotopic (exact) mass is 234 g/mol. The van der Waals surface area contributed by atoms with Gasteiger partial charge in [0.15, 0.2) is 0 Å². The molecule has 0 aliphatic carbocycles. The summed E-state index contributed by atoms with van der Waals surface area (Å²) in [6.45, 7) is 0. The predicted octanol–water partition coefficient (Wildman–Crippen LogP) is 2.47. The zero-order valence-corrected chi connectivity index (χ0v) is 8.11. The van der Waals surface area contributed by atoms with Gasteiger partial charge in [-0.15, -0.1) is 11.6 Å². The molecule has 0 spiro atoms. The van der Waals surface area contributed by atoms with Gasteiger partial charge in [-0.3, -0.25) is 5.84 Å². The summed E-state index contributed by atoms with van der Waals surface area (Å²) in [7, 11) is 0. The Hall–Kier alpha value is -0.250. The molecule has 0 saturated carbocycles. The number of nitrogens with two attached hydrogens (primary N) is 1. The molecule has 2 nitrogen and oxygen atoms in total. The van der Waals surface area contributed by atoms with Gasteiger partial charge in [0.2, 0.25) is 0 Å². The molecule has 0 bridgehead atoms. The number of benzene rings is 1. The lowest BCUT2D eigenvalue weighted by atomic mass is 10.2. The first-order chi connectivity index (χ1) is 5.27. The Kier molecular flexibility index (Phi) is 3.17. The van der Waals surface area contributed by atoms with Gasteiger partial charge in [-0.25, -0.2) is 0 Å². The standard InChI is InChI=1S/C7H8BrClN2/c8-6-2-1-5(4-9)7(3-6)11-10/h1-3,11H,4,10H2. The van der Waals surface area contributed by atoms with Gasteiger partial charge in [-0.1, -0.05) is 22.0 Å². The van der Waals surface area contributed by atoms with E-state index in [1.165, 1.54) is 0 Å². The third kappa shape index (κ3) is 2.09. The average molecular weight is 236 g/mol. The van der Waals surface area contributed by atoms with Gasteiger partial charge in [0.05, 0.1) is 5.69 Å². The van der Waals surface area contributed by atoms with E-state index in [-0.39, 0.29) is 0 Å². The van der Waals surface area contributed by atoms with Crippen molar-refractivity contribution in [3.63, 3.8) is 0 Å². The Bertz CT molecular complexity index is 252. The van der Waals surface area contributed by atoms with Crippen LogP contribution in [0.4, 0.5) is 5.69 Å². The molecule has 0 unspecified atom stereocenters. The molecule has 1 rings (SSSR count). The van der Waals surface area contributed by atoms with Crippen molar-refractivity contribution in [2.24, 2.45) is 5.84 Å². The van der Waals surface area contributed by atoms with E-state index < -0.39 is 0 Å². The second kappa shape index (κ2) is 3.95. The largest absolute Gasteiger partial charge is 0.324 e. The molecule has 0 fully saturated rings. The van der Waals surface area contributed by atoms with Gasteiger partial charge in [0.25, 0.3) is 0 Å². The van der Waals surface area contributed by atoms with Gasteiger partial charge in [0, 0.05) is 10.4 Å². The van der Waals surface area contributed by atoms with Crippen LogP contribution in [-0.2, 0) is 5.88 Å². The minimum Gasteiger partial charge on any atom is -0.324 e. The van der Waals surface area contributed by atoms with E-state index in [1.807, 2.05) is 18.2 Å². The molecule has 0 saturated heterocycles. The molecule has 0 radical (unpaired) electrons. The first kappa shape index (κ1) is 8.84. The number of alkyl halides is 1. The number of rotatable bonds is 2. The number of hydrazine groups is 1. The van der Waals surface area contributed by atoms with Crippen LogP contribution in [0.1, 0.15) is 5.56 Å². The Morgan fingerprint density at radius 1 is 1.55 bits per heavy atom. The fourth-order valence-corrected chi connectivity index (χ4v) is 1.39. The molecule has 0 heterocycles. The van der Waals surface area contributed by atoms with Crippen LogP contribution in [-0.4, -0.2) is 0 Å². The molecule has 0 aromatic heterocycles. The summed E-state index contributed by atoms with van der Waals surface area (Å²) in [4.78, 5) is 0. The van der Waals surface area contributed by atoms with Gasteiger partial charge in [-0.2, -0.15) is 0 Å². The minimum absolute atomic E-state index is 0.465. The molecule has 3 N–H and O–H groups in total. The highest BCUT2D eigenvalue weighted by atomic mass is 79.9. The van der Waals surface area contributed by atoms with E-state index in [1.54, 1.807) is 0 Å². The van der Waals surface area contributed by atoms with E-state index in [2.05, 4.69) is 21.4 Å². The molecule has 0 aliphatic rings. The zero-order valence-electron chi connectivity index (χ0n) is 5.77. The second-order valence-electron chi connectivity index (χ2n) is 2.08. The average Bonchev–Trinajstić information content (AvgIpc) is 2.04. The lowest BCUT2D eigenvalue weighted by Crippen LogP contribution is -2.08. The summed E-state index contributed by atoms with van der Waals surface area (Å²) < 4.78 is 0.985. The van der Waals surface area contributed by atoms with E-state index in [0.717, 1.165) is 15.7 Å². The molecular weight excluding hydrogens is 227 g/mol. The summed E-state index contributed by atoms with van der Waals surface area (Å²) in [6.07, 6.45) is 0. The van der Waals surface area contributed by atoms with Crippen LogP contribution < -0.4 is 11.3 Å². The number of hydrogen-bond donors (Lipinski definition) is 2. The van der Waals surface area contributed by atoms with Crippen molar-refractivity contribution in [3.05, 3.63) is 28.2 Å². The maximum atomic E-state index is 5.65. The van der Waals surface area contributed by atoms with E-state index in [4.69, 9.17) is 17.4 Å². The number of anilines is 1. The lowest BCUT2D eigenvalue weighted by molar-refractivity contribution is 1.28. The van der Waals surface area contributed by atoms with Crippen molar-refractivity contribution >= 4 is 33.2 Å². The normalized spacial score (nSPS) is 9.73. The SMILES string of the molecule is NNc1cc(Br)ccc1CCl. The molecule has 1 aromatic carbocycles. The highest BCUT2D eigenvalue weighted by Crippen LogP contribution is 2.21. The van der Waals surface area contributed by atoms with E-state index in [0.29, 0.717) is 5.88 Å². The number of nitrogens with one attached hydrogen (secondary N) is 1. The maximum Gasteiger partial charge on any atom is 0.0540 e. The van der Waals surface area contributed by atoms with E-state index in [9.17, 15) is 0 Å². The van der Waals surface area contributed by atoms with Crippen molar-refractivity contribution in [1.82, 2.24) is 0 Å². The topological polar surface area (TPSA) is 38.0 Å². The fourth-order valence-electron chi connectivity index (χ4n) is 0.800. The first-order valence-corrected chi connectivity index (χ1v) is 4.41. The Morgan fingerprint density at radius 3 is 2.82 bits per heavy atom. The number of halogens is 2. The van der Waals surface area contributed by atoms with E-state index >= 15 is 0 Å². The van der Waals surface area contributed by atoms with Crippen molar-refractivity contribution in [3.8, 4) is 0 Å². The zero-order chi connectivity index (χ0) is 8.27. The van der Waals surface area contributed by atoms with Crippen LogP contribution >= 0.6 is 27.5 Å².